The molecule has 0 bridgehead atoms. The zero-order valence-corrected chi connectivity index (χ0v) is 22.3. The maximum atomic E-state index is 12.6. The monoisotopic (exact) mass is 568 g/mol. The van der Waals surface area contributed by atoms with Crippen LogP contribution in [0.5, 0.6) is 5.75 Å². The summed E-state index contributed by atoms with van der Waals surface area (Å²) in [4.78, 5) is 17.0. The van der Waals surface area contributed by atoms with Crippen LogP contribution in [0.25, 0.3) is 0 Å². The van der Waals surface area contributed by atoms with Crippen molar-refractivity contribution in [2.45, 2.75) is 57.0 Å². The Hall–Kier alpha value is -3.39. The Kier molecular flexibility index (Phi) is 9.51. The van der Waals surface area contributed by atoms with Gasteiger partial charge in [0, 0.05) is 32.1 Å². The first kappa shape index (κ1) is 29.6. The second-order valence-electron chi connectivity index (χ2n) is 9.01. The summed E-state index contributed by atoms with van der Waals surface area (Å²) >= 11 is 0. The fourth-order valence-electron chi connectivity index (χ4n) is 4.56. The molecule has 1 unspecified atom stereocenters. The standard InChI is InChI=1S/C27H31F3N2O8/c1-5-36-22-21(34-3)15(2)37-25(23(22)35-4)39-26(33)32-18-10-6-17(7-11-18)24-31-14-20(38-24)16-8-12-19(13-9-16)40-27(28,29)30/h6-13,15,20-23,25H,5,14H2,1-4H3,(H,32,33)/t15-,20?,21-,22+,23+,25-/m0/s1. The van der Waals surface area contributed by atoms with E-state index in [4.69, 9.17) is 28.4 Å². The van der Waals surface area contributed by atoms with E-state index in [1.54, 1.807) is 38.3 Å². The molecule has 2 heterocycles. The summed E-state index contributed by atoms with van der Waals surface area (Å²) in [6, 6.07) is 12.2. The fraction of sp³-hybridized carbons (Fsp3) is 0.481. The molecule has 2 aromatic carbocycles. The van der Waals surface area contributed by atoms with Crippen molar-refractivity contribution < 1.29 is 51.1 Å². The van der Waals surface area contributed by atoms with Gasteiger partial charge in [0.05, 0.1) is 12.6 Å². The predicted octanol–water partition coefficient (Wildman–Crippen LogP) is 4.83. The van der Waals surface area contributed by atoms with E-state index < -0.39 is 49.3 Å². The molecule has 0 aliphatic carbocycles. The lowest BCUT2D eigenvalue weighted by molar-refractivity contribution is -0.292. The van der Waals surface area contributed by atoms with Crippen LogP contribution in [0.3, 0.4) is 0 Å². The van der Waals surface area contributed by atoms with Gasteiger partial charge in [0.25, 0.3) is 0 Å². The first-order chi connectivity index (χ1) is 19.1. The Morgan fingerprint density at radius 2 is 1.70 bits per heavy atom. The third-order valence-electron chi connectivity index (χ3n) is 6.37. The number of methoxy groups -OCH3 is 2. The van der Waals surface area contributed by atoms with Crippen molar-refractivity contribution >= 4 is 17.7 Å². The number of hydrogen-bond acceptors (Lipinski definition) is 9. The summed E-state index contributed by atoms with van der Waals surface area (Å²) < 4.78 is 75.1. The summed E-state index contributed by atoms with van der Waals surface area (Å²) in [5, 5.41) is 2.65. The lowest BCUT2D eigenvalue weighted by atomic mass is 9.99. The van der Waals surface area contributed by atoms with Gasteiger partial charge in [0.15, 0.2) is 0 Å². The highest BCUT2D eigenvalue weighted by Gasteiger charge is 2.47. The summed E-state index contributed by atoms with van der Waals surface area (Å²) in [5.74, 6) is 0.0597. The molecule has 10 nitrogen and oxygen atoms in total. The molecular weight excluding hydrogens is 537 g/mol. The van der Waals surface area contributed by atoms with Crippen molar-refractivity contribution in [1.29, 1.82) is 0 Å². The van der Waals surface area contributed by atoms with Gasteiger partial charge in [-0.05, 0) is 55.8 Å². The van der Waals surface area contributed by atoms with E-state index in [1.807, 2.05) is 6.92 Å². The Balaban J connectivity index is 1.32. The van der Waals surface area contributed by atoms with Gasteiger partial charge in [-0.25, -0.2) is 9.79 Å². The number of rotatable bonds is 9. The van der Waals surface area contributed by atoms with Crippen molar-refractivity contribution in [2.24, 2.45) is 4.99 Å². The number of nitrogens with zero attached hydrogens (tertiary/aromatic N) is 1. The van der Waals surface area contributed by atoms with Crippen LogP contribution < -0.4 is 10.1 Å². The van der Waals surface area contributed by atoms with Crippen LogP contribution in [0.4, 0.5) is 23.7 Å². The molecule has 13 heteroatoms. The molecule has 2 aliphatic heterocycles. The highest BCUT2D eigenvalue weighted by molar-refractivity contribution is 5.96. The molecule has 2 aliphatic rings. The maximum Gasteiger partial charge on any atom is 0.573 e. The van der Waals surface area contributed by atoms with E-state index in [-0.39, 0.29) is 5.75 Å². The number of carbonyl (C=O) groups excluding carboxylic acids is 1. The summed E-state index contributed by atoms with van der Waals surface area (Å²) in [7, 11) is 3.03. The lowest BCUT2D eigenvalue weighted by Gasteiger charge is -2.43. The zero-order chi connectivity index (χ0) is 28.9. The molecule has 2 aromatic rings. The Bertz CT molecular complexity index is 1160. The lowest BCUT2D eigenvalue weighted by Crippen LogP contribution is -2.60. The Morgan fingerprint density at radius 3 is 2.30 bits per heavy atom. The molecule has 1 N–H and O–H groups in total. The first-order valence-corrected chi connectivity index (χ1v) is 12.6. The number of ether oxygens (including phenoxy) is 7. The van der Waals surface area contributed by atoms with Gasteiger partial charge in [-0.15, -0.1) is 13.2 Å². The van der Waals surface area contributed by atoms with Gasteiger partial charge in [-0.1, -0.05) is 12.1 Å². The van der Waals surface area contributed by atoms with Crippen LogP contribution in [0, 0.1) is 0 Å². The number of nitrogens with one attached hydrogen (secondary N) is 1. The van der Waals surface area contributed by atoms with E-state index in [0.717, 1.165) is 0 Å². The summed E-state index contributed by atoms with van der Waals surface area (Å²) in [6.45, 7) is 4.37. The van der Waals surface area contributed by atoms with Crippen LogP contribution in [-0.2, 0) is 28.4 Å². The molecule has 218 valence electrons. The molecule has 4 rings (SSSR count). The average Bonchev–Trinajstić information content (AvgIpc) is 3.39. The molecule has 40 heavy (non-hydrogen) atoms. The Morgan fingerprint density at radius 1 is 1.02 bits per heavy atom. The van der Waals surface area contributed by atoms with Gasteiger partial charge >= 0.3 is 12.5 Å². The second-order valence-corrected chi connectivity index (χ2v) is 9.01. The highest BCUT2D eigenvalue weighted by atomic mass is 19.4. The molecule has 0 aromatic heterocycles. The number of anilines is 1. The molecule has 6 atom stereocenters. The van der Waals surface area contributed by atoms with Gasteiger partial charge in [0.1, 0.15) is 30.2 Å². The summed E-state index contributed by atoms with van der Waals surface area (Å²) in [6.07, 6.45) is -8.98. The molecule has 1 fully saturated rings. The molecule has 0 saturated carbocycles. The number of hydrogen-bond donors (Lipinski definition) is 1. The van der Waals surface area contributed by atoms with E-state index in [0.29, 0.717) is 35.9 Å². The van der Waals surface area contributed by atoms with Crippen molar-refractivity contribution in [1.82, 2.24) is 0 Å². The van der Waals surface area contributed by atoms with Crippen LogP contribution in [0.1, 0.15) is 31.1 Å². The minimum absolute atomic E-state index is 0.300. The first-order valence-electron chi connectivity index (χ1n) is 12.6. The van der Waals surface area contributed by atoms with Crippen molar-refractivity contribution in [3.63, 3.8) is 0 Å². The number of alkyl halides is 3. The van der Waals surface area contributed by atoms with Gasteiger partial charge in [0.2, 0.25) is 12.2 Å². The number of carbonyl (C=O) groups is 1. The van der Waals surface area contributed by atoms with Crippen LogP contribution >= 0.6 is 0 Å². The molecule has 0 radical (unpaired) electrons. The fourth-order valence-corrected chi connectivity index (χ4v) is 4.56. The number of benzene rings is 2. The van der Waals surface area contributed by atoms with Crippen molar-refractivity contribution in [3.05, 3.63) is 59.7 Å². The smallest absolute Gasteiger partial charge is 0.467 e. The van der Waals surface area contributed by atoms with E-state index in [9.17, 15) is 18.0 Å². The van der Waals surface area contributed by atoms with E-state index in [2.05, 4.69) is 15.0 Å². The van der Waals surface area contributed by atoms with Crippen LogP contribution in [0.15, 0.2) is 53.5 Å². The normalized spacial score (nSPS) is 26.5. The summed E-state index contributed by atoms with van der Waals surface area (Å²) in [5.41, 5.74) is 1.77. The van der Waals surface area contributed by atoms with Crippen LogP contribution in [0.2, 0.25) is 0 Å². The van der Waals surface area contributed by atoms with Gasteiger partial charge < -0.3 is 33.2 Å². The van der Waals surface area contributed by atoms with Crippen molar-refractivity contribution in [2.75, 3.05) is 32.7 Å². The zero-order valence-electron chi connectivity index (χ0n) is 22.3. The van der Waals surface area contributed by atoms with Gasteiger partial charge in [-0.2, -0.15) is 0 Å². The van der Waals surface area contributed by atoms with E-state index >= 15 is 0 Å². The molecular formula is C27H31F3N2O8. The SMILES string of the molecule is CCO[C@@H]1[C@@H](OC)[C@H](C)O[C@@H](OC(=O)Nc2ccc(C3=NCC(c4ccc(OC(F)(F)F)cc4)O3)cc2)[C@@H]1OC. The predicted molar refractivity (Wildman–Crippen MR) is 136 cm³/mol. The minimum Gasteiger partial charge on any atom is -0.467 e. The minimum atomic E-state index is -4.76. The van der Waals surface area contributed by atoms with Crippen molar-refractivity contribution in [3.8, 4) is 5.75 Å². The number of aliphatic imine (C=N–C) groups is 1. The number of amides is 1. The van der Waals surface area contributed by atoms with E-state index in [1.165, 1.54) is 31.4 Å². The Labute approximate surface area is 229 Å². The highest BCUT2D eigenvalue weighted by Crippen LogP contribution is 2.30. The second kappa shape index (κ2) is 12.9. The maximum absolute atomic E-state index is 12.6. The average molecular weight is 569 g/mol. The van der Waals surface area contributed by atoms with Gasteiger partial charge in [-0.3, -0.25) is 5.32 Å². The number of halogens is 3. The van der Waals surface area contributed by atoms with Crippen LogP contribution in [-0.4, -0.2) is 76.4 Å². The molecule has 1 amide bonds. The molecule has 0 spiro atoms. The molecule has 1 saturated heterocycles. The third kappa shape index (κ3) is 7.22. The third-order valence-corrected chi connectivity index (χ3v) is 6.37. The largest absolute Gasteiger partial charge is 0.573 e. The topological polar surface area (TPSA) is 106 Å². The quantitative estimate of drug-likeness (QED) is 0.459.